The van der Waals surface area contributed by atoms with Gasteiger partial charge in [0.2, 0.25) is 11.8 Å². The van der Waals surface area contributed by atoms with Crippen molar-refractivity contribution in [3.05, 3.63) is 30.1 Å². The average molecular weight is 358 g/mol. The highest BCUT2D eigenvalue weighted by Crippen LogP contribution is 2.18. The van der Waals surface area contributed by atoms with Gasteiger partial charge in [-0.3, -0.25) is 14.6 Å². The Morgan fingerprint density at radius 2 is 2.12 bits per heavy atom. The van der Waals surface area contributed by atoms with Crippen molar-refractivity contribution in [1.29, 1.82) is 0 Å². The standard InChI is InChI=1S/C20H30N4O2/c25-19-9-2-1-5-14-23(19)16-20(26)24(15-17-7-3-4-12-22-17)18-8-6-11-21-13-10-18/h3-4,7,12,18,21H,1-2,5-6,8-11,13-16H2. The summed E-state index contributed by atoms with van der Waals surface area (Å²) in [5, 5.41) is 3.41. The van der Waals surface area contributed by atoms with Crippen LogP contribution in [0.1, 0.15) is 50.6 Å². The molecule has 2 fully saturated rings. The van der Waals surface area contributed by atoms with Crippen molar-refractivity contribution in [2.24, 2.45) is 0 Å². The van der Waals surface area contributed by atoms with Gasteiger partial charge in [-0.05, 0) is 57.3 Å². The molecule has 2 amide bonds. The van der Waals surface area contributed by atoms with Gasteiger partial charge < -0.3 is 15.1 Å². The minimum Gasteiger partial charge on any atom is -0.333 e. The van der Waals surface area contributed by atoms with Crippen LogP contribution in [0.5, 0.6) is 0 Å². The number of aromatic nitrogens is 1. The molecule has 2 aliphatic rings. The first-order chi connectivity index (χ1) is 12.7. The van der Waals surface area contributed by atoms with E-state index in [1.807, 2.05) is 23.1 Å². The van der Waals surface area contributed by atoms with Crippen molar-refractivity contribution in [1.82, 2.24) is 20.1 Å². The molecule has 142 valence electrons. The molecule has 2 saturated heterocycles. The van der Waals surface area contributed by atoms with Crippen LogP contribution in [0.3, 0.4) is 0 Å². The fraction of sp³-hybridized carbons (Fsp3) is 0.650. The lowest BCUT2D eigenvalue weighted by molar-refractivity contribution is -0.142. The number of nitrogens with zero attached hydrogens (tertiary/aromatic N) is 3. The number of carbonyl (C=O) groups excluding carboxylic acids is 2. The van der Waals surface area contributed by atoms with Crippen molar-refractivity contribution >= 4 is 11.8 Å². The van der Waals surface area contributed by atoms with Crippen LogP contribution in [0.15, 0.2) is 24.4 Å². The zero-order valence-electron chi connectivity index (χ0n) is 15.5. The summed E-state index contributed by atoms with van der Waals surface area (Å²) in [5.74, 6) is 0.175. The zero-order valence-corrected chi connectivity index (χ0v) is 15.5. The van der Waals surface area contributed by atoms with Crippen molar-refractivity contribution < 1.29 is 9.59 Å². The zero-order chi connectivity index (χ0) is 18.2. The summed E-state index contributed by atoms with van der Waals surface area (Å²) < 4.78 is 0. The van der Waals surface area contributed by atoms with Crippen molar-refractivity contribution in [2.75, 3.05) is 26.2 Å². The molecular weight excluding hydrogens is 328 g/mol. The number of carbonyl (C=O) groups is 2. The van der Waals surface area contributed by atoms with Crippen LogP contribution < -0.4 is 5.32 Å². The van der Waals surface area contributed by atoms with Crippen molar-refractivity contribution in [3.8, 4) is 0 Å². The number of likely N-dealkylation sites (tertiary alicyclic amines) is 1. The predicted octanol–water partition coefficient (Wildman–Crippen LogP) is 1.95. The van der Waals surface area contributed by atoms with E-state index >= 15 is 0 Å². The van der Waals surface area contributed by atoms with Gasteiger partial charge in [0, 0.05) is 25.2 Å². The van der Waals surface area contributed by atoms with E-state index < -0.39 is 0 Å². The van der Waals surface area contributed by atoms with E-state index in [0.29, 0.717) is 19.5 Å². The summed E-state index contributed by atoms with van der Waals surface area (Å²) in [6.07, 6.45) is 8.36. The Bertz CT molecular complexity index is 585. The first-order valence-corrected chi connectivity index (χ1v) is 9.92. The highest BCUT2D eigenvalue weighted by molar-refractivity contribution is 5.85. The van der Waals surface area contributed by atoms with Crippen LogP contribution in [-0.2, 0) is 16.1 Å². The van der Waals surface area contributed by atoms with Gasteiger partial charge in [-0.2, -0.15) is 0 Å². The van der Waals surface area contributed by atoms with E-state index in [1.165, 1.54) is 0 Å². The average Bonchev–Trinajstić information content (AvgIpc) is 3.04. The number of pyridine rings is 1. The van der Waals surface area contributed by atoms with Crippen LogP contribution in [0.4, 0.5) is 0 Å². The Hall–Kier alpha value is -1.95. The first-order valence-electron chi connectivity index (χ1n) is 9.92. The minimum absolute atomic E-state index is 0.0535. The Labute approximate surface area is 156 Å². The Morgan fingerprint density at radius 1 is 1.19 bits per heavy atom. The maximum Gasteiger partial charge on any atom is 0.242 e. The second-order valence-electron chi connectivity index (χ2n) is 7.30. The Kier molecular flexibility index (Phi) is 7.00. The molecule has 26 heavy (non-hydrogen) atoms. The summed E-state index contributed by atoms with van der Waals surface area (Å²) in [6, 6.07) is 6.02. The maximum absolute atomic E-state index is 13.2. The lowest BCUT2D eigenvalue weighted by Crippen LogP contribution is -2.47. The van der Waals surface area contributed by atoms with Gasteiger partial charge in [0.1, 0.15) is 0 Å². The SMILES string of the molecule is O=C1CCCCCN1CC(=O)N(Cc1ccccn1)C1CCCNCC1. The van der Waals surface area contributed by atoms with Crippen molar-refractivity contribution in [2.45, 2.75) is 57.5 Å². The fourth-order valence-corrected chi connectivity index (χ4v) is 3.86. The van der Waals surface area contributed by atoms with E-state index in [9.17, 15) is 9.59 Å². The molecule has 0 saturated carbocycles. The number of rotatable bonds is 5. The van der Waals surface area contributed by atoms with E-state index in [0.717, 1.165) is 57.3 Å². The molecule has 0 aromatic carbocycles. The van der Waals surface area contributed by atoms with E-state index in [4.69, 9.17) is 0 Å². The first kappa shape index (κ1) is 18.8. The normalized spacial score (nSPS) is 21.8. The Balaban J connectivity index is 1.72. The van der Waals surface area contributed by atoms with Gasteiger partial charge in [0.05, 0.1) is 18.8 Å². The smallest absolute Gasteiger partial charge is 0.242 e. The third-order valence-electron chi connectivity index (χ3n) is 5.36. The molecule has 3 heterocycles. The summed E-state index contributed by atoms with van der Waals surface area (Å²) in [7, 11) is 0. The summed E-state index contributed by atoms with van der Waals surface area (Å²) >= 11 is 0. The molecule has 1 aromatic heterocycles. The lowest BCUT2D eigenvalue weighted by Gasteiger charge is -2.33. The lowest BCUT2D eigenvalue weighted by atomic mass is 10.1. The summed E-state index contributed by atoms with van der Waals surface area (Å²) in [6.45, 7) is 3.36. The van der Waals surface area contributed by atoms with E-state index in [1.54, 1.807) is 11.1 Å². The van der Waals surface area contributed by atoms with Gasteiger partial charge in [0.15, 0.2) is 0 Å². The molecule has 1 atom stereocenters. The quantitative estimate of drug-likeness (QED) is 0.874. The summed E-state index contributed by atoms with van der Waals surface area (Å²) in [5.41, 5.74) is 0.903. The monoisotopic (exact) mass is 358 g/mol. The second kappa shape index (κ2) is 9.67. The maximum atomic E-state index is 13.2. The molecule has 0 radical (unpaired) electrons. The molecule has 1 N–H and O–H groups in total. The van der Waals surface area contributed by atoms with Gasteiger partial charge in [-0.25, -0.2) is 0 Å². The minimum atomic E-state index is 0.0535. The molecule has 0 spiro atoms. The molecule has 3 rings (SSSR count). The largest absolute Gasteiger partial charge is 0.333 e. The van der Waals surface area contributed by atoms with Crippen LogP contribution in [-0.4, -0.2) is 58.8 Å². The third kappa shape index (κ3) is 5.27. The van der Waals surface area contributed by atoms with Crippen LogP contribution in [0, 0.1) is 0 Å². The van der Waals surface area contributed by atoms with E-state index in [2.05, 4.69) is 10.3 Å². The fourth-order valence-electron chi connectivity index (χ4n) is 3.86. The van der Waals surface area contributed by atoms with Crippen LogP contribution >= 0.6 is 0 Å². The topological polar surface area (TPSA) is 65.5 Å². The van der Waals surface area contributed by atoms with Crippen LogP contribution in [0.2, 0.25) is 0 Å². The molecule has 6 heteroatoms. The second-order valence-corrected chi connectivity index (χ2v) is 7.30. The predicted molar refractivity (Wildman–Crippen MR) is 100 cm³/mol. The molecular formula is C20H30N4O2. The molecule has 1 aromatic rings. The third-order valence-corrected chi connectivity index (χ3v) is 5.36. The highest BCUT2D eigenvalue weighted by atomic mass is 16.2. The molecule has 0 bridgehead atoms. The summed E-state index contributed by atoms with van der Waals surface area (Å²) in [4.78, 5) is 33.6. The number of amides is 2. The van der Waals surface area contributed by atoms with Gasteiger partial charge in [-0.15, -0.1) is 0 Å². The molecule has 6 nitrogen and oxygen atoms in total. The van der Waals surface area contributed by atoms with Gasteiger partial charge in [0.25, 0.3) is 0 Å². The number of hydrogen-bond donors (Lipinski definition) is 1. The molecule has 1 unspecified atom stereocenters. The number of nitrogens with one attached hydrogen (secondary N) is 1. The van der Waals surface area contributed by atoms with Gasteiger partial charge >= 0.3 is 0 Å². The van der Waals surface area contributed by atoms with Crippen LogP contribution in [0.25, 0.3) is 0 Å². The van der Waals surface area contributed by atoms with Gasteiger partial charge in [-0.1, -0.05) is 12.5 Å². The van der Waals surface area contributed by atoms with Crippen molar-refractivity contribution in [3.63, 3.8) is 0 Å². The Morgan fingerprint density at radius 3 is 2.96 bits per heavy atom. The molecule has 0 aliphatic carbocycles. The highest BCUT2D eigenvalue weighted by Gasteiger charge is 2.28. The molecule has 2 aliphatic heterocycles. The van der Waals surface area contributed by atoms with E-state index in [-0.39, 0.29) is 24.4 Å². The number of hydrogen-bond acceptors (Lipinski definition) is 4.